The number of benzene rings is 2. The number of amides is 1. The molecule has 1 N–H and O–H groups in total. The lowest BCUT2D eigenvalue weighted by Gasteiger charge is -2.17. The molecular formula is C19H22N2O5S. The second-order valence-electron chi connectivity index (χ2n) is 5.79. The molecule has 0 radical (unpaired) electrons. The zero-order valence-electron chi connectivity index (χ0n) is 15.2. The highest BCUT2D eigenvalue weighted by Crippen LogP contribution is 2.14. The van der Waals surface area contributed by atoms with E-state index < -0.39 is 28.5 Å². The second-order valence-corrected chi connectivity index (χ2v) is 7.56. The van der Waals surface area contributed by atoms with Crippen molar-refractivity contribution in [2.45, 2.75) is 18.2 Å². The first-order chi connectivity index (χ1) is 12.8. The maximum absolute atomic E-state index is 12.2. The summed E-state index contributed by atoms with van der Waals surface area (Å²) in [6.07, 6.45) is 0.651. The molecule has 0 aromatic heterocycles. The Morgan fingerprint density at radius 1 is 1.07 bits per heavy atom. The van der Waals surface area contributed by atoms with Gasteiger partial charge in [0.25, 0.3) is 5.91 Å². The van der Waals surface area contributed by atoms with Crippen molar-refractivity contribution < 1.29 is 22.7 Å². The summed E-state index contributed by atoms with van der Waals surface area (Å²) in [5.41, 5.74) is 0.734. The van der Waals surface area contributed by atoms with E-state index >= 15 is 0 Å². The molecule has 0 aliphatic heterocycles. The first-order valence-corrected chi connectivity index (χ1v) is 9.92. The zero-order chi connectivity index (χ0) is 19.9. The predicted molar refractivity (Wildman–Crippen MR) is 102 cm³/mol. The predicted octanol–water partition coefficient (Wildman–Crippen LogP) is 2.19. The van der Waals surface area contributed by atoms with Crippen LogP contribution in [0.4, 0.5) is 5.69 Å². The molecule has 0 heterocycles. The number of sulfonamides is 1. The van der Waals surface area contributed by atoms with Crippen molar-refractivity contribution in [1.29, 1.82) is 0 Å². The van der Waals surface area contributed by atoms with Gasteiger partial charge in [0, 0.05) is 19.3 Å². The maximum Gasteiger partial charge on any atom is 0.338 e. The quantitative estimate of drug-likeness (QED) is 0.698. The summed E-state index contributed by atoms with van der Waals surface area (Å²) in [4.78, 5) is 25.7. The molecule has 1 amide bonds. The normalized spacial score (nSPS) is 11.0. The summed E-state index contributed by atoms with van der Waals surface area (Å²) in [6, 6.07) is 14.5. The number of hydrogen-bond acceptors (Lipinski definition) is 5. The number of hydrogen-bond donors (Lipinski definition) is 1. The average molecular weight is 390 g/mol. The number of carbonyl (C=O) groups excluding carboxylic acids is 2. The minimum Gasteiger partial charge on any atom is -0.452 e. The third-order valence-electron chi connectivity index (χ3n) is 3.77. The van der Waals surface area contributed by atoms with Crippen LogP contribution in [0.1, 0.15) is 23.7 Å². The Labute approximate surface area is 159 Å². The van der Waals surface area contributed by atoms with Crippen molar-refractivity contribution in [2.75, 3.05) is 25.1 Å². The molecule has 0 spiro atoms. The van der Waals surface area contributed by atoms with Crippen LogP contribution < -0.4 is 9.62 Å². The molecular weight excluding hydrogens is 368 g/mol. The zero-order valence-corrected chi connectivity index (χ0v) is 16.0. The second kappa shape index (κ2) is 9.29. The van der Waals surface area contributed by atoms with Gasteiger partial charge in [-0.3, -0.25) is 4.79 Å². The molecule has 0 aliphatic rings. The van der Waals surface area contributed by atoms with Gasteiger partial charge in [0.2, 0.25) is 10.0 Å². The number of anilines is 1. The van der Waals surface area contributed by atoms with E-state index in [1.54, 1.807) is 31.3 Å². The van der Waals surface area contributed by atoms with Crippen LogP contribution in [-0.2, 0) is 19.6 Å². The highest BCUT2D eigenvalue weighted by Gasteiger charge is 2.18. The Kier molecular flexibility index (Phi) is 7.09. The van der Waals surface area contributed by atoms with E-state index in [-0.39, 0.29) is 10.5 Å². The molecule has 7 nitrogen and oxygen atoms in total. The fraction of sp³-hybridized carbons (Fsp3) is 0.263. The Bertz CT molecular complexity index is 897. The van der Waals surface area contributed by atoms with Crippen molar-refractivity contribution in [1.82, 2.24) is 4.72 Å². The highest BCUT2D eigenvalue weighted by molar-refractivity contribution is 7.89. The molecule has 2 aromatic rings. The van der Waals surface area contributed by atoms with Crippen LogP contribution in [0.15, 0.2) is 59.5 Å². The molecule has 144 valence electrons. The first kappa shape index (κ1) is 20.6. The van der Waals surface area contributed by atoms with Crippen LogP contribution in [0.2, 0.25) is 0 Å². The monoisotopic (exact) mass is 390 g/mol. The molecule has 0 bridgehead atoms. The van der Waals surface area contributed by atoms with Crippen molar-refractivity contribution in [2.24, 2.45) is 0 Å². The largest absolute Gasteiger partial charge is 0.452 e. The van der Waals surface area contributed by atoms with E-state index in [1.807, 2.05) is 13.0 Å². The number of carbonyl (C=O) groups is 2. The van der Waals surface area contributed by atoms with Crippen LogP contribution in [0.3, 0.4) is 0 Å². The van der Waals surface area contributed by atoms with E-state index in [4.69, 9.17) is 4.74 Å². The maximum atomic E-state index is 12.2. The SMILES string of the molecule is CCCNS(=O)(=O)c1cccc(C(=O)OCC(=O)N(C)c2ccccc2)c1. The van der Waals surface area contributed by atoms with Gasteiger partial charge in [0.1, 0.15) is 0 Å². The fourth-order valence-electron chi connectivity index (χ4n) is 2.21. The third kappa shape index (κ3) is 5.63. The molecule has 0 aliphatic carbocycles. The average Bonchev–Trinajstić information content (AvgIpc) is 2.70. The lowest BCUT2D eigenvalue weighted by atomic mass is 10.2. The summed E-state index contributed by atoms with van der Waals surface area (Å²) < 4.78 is 31.8. The van der Waals surface area contributed by atoms with Crippen LogP contribution in [0, 0.1) is 0 Å². The van der Waals surface area contributed by atoms with Crippen molar-refractivity contribution >= 4 is 27.6 Å². The van der Waals surface area contributed by atoms with E-state index in [0.717, 1.165) is 0 Å². The Hall–Kier alpha value is -2.71. The number of ether oxygens (including phenoxy) is 1. The number of para-hydroxylation sites is 1. The summed E-state index contributed by atoms with van der Waals surface area (Å²) in [5, 5.41) is 0. The topological polar surface area (TPSA) is 92.8 Å². The standard InChI is InChI=1S/C19H22N2O5S/c1-3-12-20-27(24,25)17-11-7-8-15(13-17)19(23)26-14-18(22)21(2)16-9-5-4-6-10-16/h4-11,13,20H,3,12,14H2,1-2H3. The van der Waals surface area contributed by atoms with Gasteiger partial charge in [-0.05, 0) is 36.8 Å². The molecule has 0 atom stereocenters. The smallest absolute Gasteiger partial charge is 0.338 e. The number of nitrogens with zero attached hydrogens (tertiary/aromatic N) is 1. The molecule has 0 unspecified atom stereocenters. The lowest BCUT2D eigenvalue weighted by Crippen LogP contribution is -2.31. The summed E-state index contributed by atoms with van der Waals surface area (Å²) in [7, 11) is -2.11. The van der Waals surface area contributed by atoms with E-state index in [2.05, 4.69) is 4.72 Å². The number of rotatable bonds is 8. The minimum absolute atomic E-state index is 0.0295. The Balaban J connectivity index is 2.02. The van der Waals surface area contributed by atoms with Crippen molar-refractivity contribution in [3.8, 4) is 0 Å². The van der Waals surface area contributed by atoms with Crippen molar-refractivity contribution in [3.63, 3.8) is 0 Å². The Morgan fingerprint density at radius 2 is 1.78 bits per heavy atom. The molecule has 8 heteroatoms. The van der Waals surface area contributed by atoms with E-state index in [1.165, 1.54) is 29.2 Å². The summed E-state index contributed by atoms with van der Waals surface area (Å²) >= 11 is 0. The third-order valence-corrected chi connectivity index (χ3v) is 5.23. The molecule has 27 heavy (non-hydrogen) atoms. The number of likely N-dealkylation sites (N-methyl/N-ethyl adjacent to an activating group) is 1. The minimum atomic E-state index is -3.69. The molecule has 2 aromatic carbocycles. The van der Waals surface area contributed by atoms with Gasteiger partial charge < -0.3 is 9.64 Å². The number of esters is 1. The van der Waals surface area contributed by atoms with Crippen LogP contribution >= 0.6 is 0 Å². The van der Waals surface area contributed by atoms with Crippen molar-refractivity contribution in [3.05, 3.63) is 60.2 Å². The van der Waals surface area contributed by atoms with Gasteiger partial charge >= 0.3 is 5.97 Å². The van der Waals surface area contributed by atoms with Gasteiger partial charge in [-0.1, -0.05) is 31.2 Å². The van der Waals surface area contributed by atoms with Gasteiger partial charge in [-0.2, -0.15) is 0 Å². The van der Waals surface area contributed by atoms with Crippen LogP contribution in [-0.4, -0.2) is 40.5 Å². The van der Waals surface area contributed by atoms with E-state index in [0.29, 0.717) is 18.7 Å². The summed E-state index contributed by atoms with van der Waals surface area (Å²) in [5.74, 6) is -1.17. The fourth-order valence-corrected chi connectivity index (χ4v) is 3.39. The van der Waals surface area contributed by atoms with Gasteiger partial charge in [-0.25, -0.2) is 17.9 Å². The van der Waals surface area contributed by atoms with Crippen LogP contribution in [0.5, 0.6) is 0 Å². The highest BCUT2D eigenvalue weighted by atomic mass is 32.2. The Morgan fingerprint density at radius 3 is 2.44 bits per heavy atom. The van der Waals surface area contributed by atoms with Gasteiger partial charge in [0.15, 0.2) is 6.61 Å². The number of nitrogens with one attached hydrogen (secondary N) is 1. The molecule has 0 saturated heterocycles. The lowest BCUT2D eigenvalue weighted by molar-refractivity contribution is -0.121. The van der Waals surface area contributed by atoms with Gasteiger partial charge in [-0.15, -0.1) is 0 Å². The summed E-state index contributed by atoms with van der Waals surface area (Å²) in [6.45, 7) is 1.70. The van der Waals surface area contributed by atoms with Gasteiger partial charge in [0.05, 0.1) is 10.5 Å². The molecule has 0 fully saturated rings. The first-order valence-electron chi connectivity index (χ1n) is 8.43. The molecule has 2 rings (SSSR count). The van der Waals surface area contributed by atoms with Crippen LogP contribution in [0.25, 0.3) is 0 Å². The van der Waals surface area contributed by atoms with E-state index in [9.17, 15) is 18.0 Å². The molecule has 0 saturated carbocycles.